The predicted molar refractivity (Wildman–Crippen MR) is 86.3 cm³/mol. The third kappa shape index (κ3) is 4.53. The van der Waals surface area contributed by atoms with Crippen LogP contribution in [0.2, 0.25) is 0 Å². The maximum Gasteiger partial charge on any atom is 0.274 e. The lowest BCUT2D eigenvalue weighted by Gasteiger charge is -2.09. The first-order valence-electron chi connectivity index (χ1n) is 7.05. The molecule has 0 radical (unpaired) electrons. The summed E-state index contributed by atoms with van der Waals surface area (Å²) >= 11 is 0. The maximum atomic E-state index is 12.3. The summed E-state index contributed by atoms with van der Waals surface area (Å²) in [5.41, 5.74) is 2.20. The van der Waals surface area contributed by atoms with E-state index in [0.717, 1.165) is 11.3 Å². The zero-order chi connectivity index (χ0) is 15.9. The zero-order valence-electron chi connectivity index (χ0n) is 13.0. The van der Waals surface area contributed by atoms with Gasteiger partial charge in [-0.1, -0.05) is 17.7 Å². The van der Waals surface area contributed by atoms with Crippen LogP contribution in [0.5, 0.6) is 0 Å². The second-order valence-electron chi connectivity index (χ2n) is 4.93. The van der Waals surface area contributed by atoms with Crippen LogP contribution in [0.25, 0.3) is 0 Å². The van der Waals surface area contributed by atoms with Gasteiger partial charge in [-0.25, -0.2) is 9.97 Å². The molecule has 0 aliphatic heterocycles. The largest absolute Gasteiger partial charge is 0.383 e. The van der Waals surface area contributed by atoms with Crippen molar-refractivity contribution in [2.24, 2.45) is 0 Å². The topological polar surface area (TPSA) is 76.1 Å². The van der Waals surface area contributed by atoms with Crippen molar-refractivity contribution in [3.05, 3.63) is 47.4 Å². The molecule has 116 valence electrons. The Labute approximate surface area is 129 Å². The van der Waals surface area contributed by atoms with Gasteiger partial charge in [0.1, 0.15) is 17.3 Å². The highest BCUT2D eigenvalue weighted by atomic mass is 16.5. The van der Waals surface area contributed by atoms with Gasteiger partial charge in [-0.3, -0.25) is 4.79 Å². The number of amides is 1. The summed E-state index contributed by atoms with van der Waals surface area (Å²) in [6.07, 6.45) is 0. The van der Waals surface area contributed by atoms with Crippen LogP contribution in [-0.4, -0.2) is 36.1 Å². The quantitative estimate of drug-likeness (QED) is 0.801. The standard InChI is InChI=1S/C16H20N4O2/c1-11-4-6-13(7-5-11)20-16(21)14-10-15(17-8-9-22-3)19-12(2)18-14/h4-7,10H,8-9H2,1-3H3,(H,20,21)(H,17,18,19). The molecule has 0 bridgehead atoms. The molecule has 0 unspecified atom stereocenters. The Balaban J connectivity index is 2.09. The van der Waals surface area contributed by atoms with E-state index in [-0.39, 0.29) is 5.91 Å². The summed E-state index contributed by atoms with van der Waals surface area (Å²) in [4.78, 5) is 20.7. The van der Waals surface area contributed by atoms with Crippen LogP contribution >= 0.6 is 0 Å². The van der Waals surface area contributed by atoms with Crippen molar-refractivity contribution >= 4 is 17.4 Å². The molecule has 22 heavy (non-hydrogen) atoms. The molecule has 0 atom stereocenters. The second-order valence-corrected chi connectivity index (χ2v) is 4.93. The smallest absolute Gasteiger partial charge is 0.274 e. The molecule has 1 amide bonds. The first-order valence-corrected chi connectivity index (χ1v) is 7.05. The van der Waals surface area contributed by atoms with Crippen molar-refractivity contribution in [1.29, 1.82) is 0 Å². The zero-order valence-corrected chi connectivity index (χ0v) is 13.0. The number of ether oxygens (including phenoxy) is 1. The van der Waals surface area contributed by atoms with Crippen molar-refractivity contribution in [2.45, 2.75) is 13.8 Å². The molecule has 0 aliphatic carbocycles. The monoisotopic (exact) mass is 300 g/mol. The van der Waals surface area contributed by atoms with Gasteiger partial charge in [0.15, 0.2) is 0 Å². The first-order chi connectivity index (χ1) is 10.6. The fourth-order valence-corrected chi connectivity index (χ4v) is 1.89. The van der Waals surface area contributed by atoms with E-state index >= 15 is 0 Å². The summed E-state index contributed by atoms with van der Waals surface area (Å²) in [6, 6.07) is 9.24. The van der Waals surface area contributed by atoms with Crippen molar-refractivity contribution < 1.29 is 9.53 Å². The third-order valence-corrected chi connectivity index (χ3v) is 2.99. The highest BCUT2D eigenvalue weighted by molar-refractivity contribution is 6.03. The van der Waals surface area contributed by atoms with Gasteiger partial charge in [0.2, 0.25) is 0 Å². The van der Waals surface area contributed by atoms with Gasteiger partial charge in [-0.2, -0.15) is 0 Å². The molecule has 0 fully saturated rings. The number of nitrogens with one attached hydrogen (secondary N) is 2. The lowest BCUT2D eigenvalue weighted by Crippen LogP contribution is -2.16. The number of carbonyl (C=O) groups is 1. The average Bonchev–Trinajstić information content (AvgIpc) is 2.49. The highest BCUT2D eigenvalue weighted by Gasteiger charge is 2.10. The Bertz CT molecular complexity index is 641. The van der Waals surface area contributed by atoms with E-state index < -0.39 is 0 Å². The number of hydrogen-bond acceptors (Lipinski definition) is 5. The number of benzene rings is 1. The van der Waals surface area contributed by atoms with Crippen molar-refractivity contribution in [3.63, 3.8) is 0 Å². The second kappa shape index (κ2) is 7.51. The predicted octanol–water partition coefficient (Wildman–Crippen LogP) is 2.40. The molecule has 1 heterocycles. The van der Waals surface area contributed by atoms with Crippen LogP contribution in [0.3, 0.4) is 0 Å². The minimum Gasteiger partial charge on any atom is -0.383 e. The van der Waals surface area contributed by atoms with Crippen LogP contribution in [0, 0.1) is 13.8 Å². The van der Waals surface area contributed by atoms with Gasteiger partial charge in [-0.05, 0) is 26.0 Å². The van der Waals surface area contributed by atoms with Gasteiger partial charge in [-0.15, -0.1) is 0 Å². The van der Waals surface area contributed by atoms with Crippen molar-refractivity contribution in [1.82, 2.24) is 9.97 Å². The Morgan fingerprint density at radius 1 is 1.18 bits per heavy atom. The van der Waals surface area contributed by atoms with Crippen LogP contribution in [0.1, 0.15) is 21.9 Å². The van der Waals surface area contributed by atoms with Crippen LogP contribution in [-0.2, 0) is 4.74 Å². The molecule has 2 rings (SSSR count). The lowest BCUT2D eigenvalue weighted by molar-refractivity contribution is 0.102. The minimum atomic E-state index is -0.260. The molecule has 1 aromatic carbocycles. The molecule has 2 aromatic rings. The van der Waals surface area contributed by atoms with Crippen LogP contribution in [0.4, 0.5) is 11.5 Å². The Morgan fingerprint density at radius 3 is 2.59 bits per heavy atom. The number of anilines is 2. The molecule has 0 aliphatic rings. The summed E-state index contributed by atoms with van der Waals surface area (Å²) in [5.74, 6) is 0.888. The molecular weight excluding hydrogens is 280 g/mol. The van der Waals surface area contributed by atoms with E-state index in [0.29, 0.717) is 30.5 Å². The molecule has 0 saturated carbocycles. The summed E-state index contributed by atoms with van der Waals surface area (Å²) in [7, 11) is 1.63. The molecular formula is C16H20N4O2. The fraction of sp³-hybridized carbons (Fsp3) is 0.312. The highest BCUT2D eigenvalue weighted by Crippen LogP contribution is 2.12. The van der Waals surface area contributed by atoms with Crippen molar-refractivity contribution in [3.8, 4) is 0 Å². The number of methoxy groups -OCH3 is 1. The summed E-state index contributed by atoms with van der Waals surface area (Å²) in [6.45, 7) is 4.93. The van der Waals surface area contributed by atoms with Gasteiger partial charge < -0.3 is 15.4 Å². The third-order valence-electron chi connectivity index (χ3n) is 2.99. The van der Waals surface area contributed by atoms with Crippen molar-refractivity contribution in [2.75, 3.05) is 30.9 Å². The Kier molecular flexibility index (Phi) is 5.43. The molecule has 6 nitrogen and oxygen atoms in total. The molecule has 0 saturated heterocycles. The Hall–Kier alpha value is -2.47. The van der Waals surface area contributed by atoms with E-state index in [4.69, 9.17) is 4.74 Å². The lowest BCUT2D eigenvalue weighted by atomic mass is 10.2. The molecule has 2 N–H and O–H groups in total. The minimum absolute atomic E-state index is 0.260. The number of carbonyl (C=O) groups excluding carboxylic acids is 1. The summed E-state index contributed by atoms with van der Waals surface area (Å²) < 4.78 is 4.97. The fourth-order valence-electron chi connectivity index (χ4n) is 1.89. The Morgan fingerprint density at radius 2 is 1.91 bits per heavy atom. The number of rotatable bonds is 6. The van der Waals surface area contributed by atoms with E-state index in [1.807, 2.05) is 31.2 Å². The number of aromatic nitrogens is 2. The van der Waals surface area contributed by atoms with Gasteiger partial charge in [0, 0.05) is 25.4 Å². The van der Waals surface area contributed by atoms with Crippen LogP contribution < -0.4 is 10.6 Å². The maximum absolute atomic E-state index is 12.3. The van der Waals surface area contributed by atoms with Gasteiger partial charge in [0.25, 0.3) is 5.91 Å². The molecule has 1 aromatic heterocycles. The van der Waals surface area contributed by atoms with Gasteiger partial charge >= 0.3 is 0 Å². The average molecular weight is 300 g/mol. The van der Waals surface area contributed by atoms with Crippen LogP contribution in [0.15, 0.2) is 30.3 Å². The first kappa shape index (κ1) is 15.9. The number of aryl methyl sites for hydroxylation is 2. The number of nitrogens with zero attached hydrogens (tertiary/aromatic N) is 2. The normalized spacial score (nSPS) is 10.3. The summed E-state index contributed by atoms with van der Waals surface area (Å²) in [5, 5.41) is 5.92. The SMILES string of the molecule is COCCNc1cc(C(=O)Nc2ccc(C)cc2)nc(C)n1. The van der Waals surface area contributed by atoms with E-state index in [1.165, 1.54) is 0 Å². The van der Waals surface area contributed by atoms with E-state index in [9.17, 15) is 4.79 Å². The number of hydrogen-bond donors (Lipinski definition) is 2. The molecule has 6 heteroatoms. The van der Waals surface area contributed by atoms with E-state index in [1.54, 1.807) is 20.1 Å². The van der Waals surface area contributed by atoms with Gasteiger partial charge in [0.05, 0.1) is 6.61 Å². The molecule has 0 spiro atoms. The van der Waals surface area contributed by atoms with E-state index in [2.05, 4.69) is 20.6 Å².